The highest BCUT2D eigenvalue weighted by atomic mass is 16.6. The maximum Gasteiger partial charge on any atom is 0.410 e. The van der Waals surface area contributed by atoms with Gasteiger partial charge in [0.05, 0.1) is 5.39 Å². The minimum absolute atomic E-state index is 0.0555. The number of nitrogen functional groups attached to an aromatic ring is 1. The molecule has 1 aliphatic carbocycles. The van der Waals surface area contributed by atoms with E-state index in [1.165, 1.54) is 5.56 Å². The molecule has 8 heteroatoms. The minimum Gasteiger partial charge on any atom is -0.444 e. The lowest BCUT2D eigenvalue weighted by molar-refractivity contribution is 0.0293. The first kappa shape index (κ1) is 18.7. The van der Waals surface area contributed by atoms with E-state index < -0.39 is 5.60 Å². The number of fused-ring (bicyclic) bond motifs is 2. The first-order valence-corrected chi connectivity index (χ1v) is 9.91. The molecule has 3 N–H and O–H groups in total. The Labute approximate surface area is 164 Å². The molecule has 1 atom stereocenters. The van der Waals surface area contributed by atoms with E-state index in [0.717, 1.165) is 42.3 Å². The van der Waals surface area contributed by atoms with Gasteiger partial charge >= 0.3 is 6.09 Å². The van der Waals surface area contributed by atoms with E-state index in [4.69, 9.17) is 15.5 Å². The average Bonchev–Trinajstić information content (AvgIpc) is 3.22. The number of pyridine rings is 1. The summed E-state index contributed by atoms with van der Waals surface area (Å²) in [6.07, 6.45) is 3.68. The molecular formula is C20H28N6O2. The first-order valence-electron chi connectivity index (χ1n) is 9.91. The lowest BCUT2D eigenvalue weighted by atomic mass is 10.1. The van der Waals surface area contributed by atoms with Crippen molar-refractivity contribution in [2.45, 2.75) is 65.0 Å². The fourth-order valence-electron chi connectivity index (χ4n) is 4.06. The summed E-state index contributed by atoms with van der Waals surface area (Å²) in [5, 5.41) is 4.17. The maximum atomic E-state index is 12.2. The van der Waals surface area contributed by atoms with Crippen LogP contribution in [-0.4, -0.2) is 50.7 Å². The van der Waals surface area contributed by atoms with Crippen LogP contribution >= 0.6 is 0 Å². The fourth-order valence-corrected chi connectivity index (χ4v) is 4.06. The van der Waals surface area contributed by atoms with Gasteiger partial charge in [-0.2, -0.15) is 9.97 Å². The molecule has 3 heterocycles. The van der Waals surface area contributed by atoms with Crippen molar-refractivity contribution in [3.63, 3.8) is 0 Å². The number of nitrogens with one attached hydrogen (secondary N) is 1. The third kappa shape index (κ3) is 3.55. The molecule has 0 unspecified atom stereocenters. The summed E-state index contributed by atoms with van der Waals surface area (Å²) in [7, 11) is 0. The van der Waals surface area contributed by atoms with Crippen LogP contribution in [0.25, 0.3) is 11.0 Å². The number of aryl methyl sites for hydroxylation is 2. The van der Waals surface area contributed by atoms with Crippen LogP contribution in [0.3, 0.4) is 0 Å². The molecule has 28 heavy (non-hydrogen) atoms. The van der Waals surface area contributed by atoms with Crippen molar-refractivity contribution in [1.82, 2.24) is 19.9 Å². The topological polar surface area (TPSA) is 106 Å². The van der Waals surface area contributed by atoms with Crippen LogP contribution < -0.4 is 11.1 Å². The van der Waals surface area contributed by atoms with Crippen molar-refractivity contribution in [2.24, 2.45) is 0 Å². The van der Waals surface area contributed by atoms with E-state index in [-0.39, 0.29) is 12.1 Å². The molecule has 2 aliphatic rings. The van der Waals surface area contributed by atoms with E-state index in [1.54, 1.807) is 4.90 Å². The molecule has 8 nitrogen and oxygen atoms in total. The quantitative estimate of drug-likeness (QED) is 0.820. The Kier molecular flexibility index (Phi) is 4.51. The van der Waals surface area contributed by atoms with Gasteiger partial charge in [0.25, 0.3) is 0 Å². The van der Waals surface area contributed by atoms with Crippen LogP contribution in [0.5, 0.6) is 0 Å². The number of nitrogens with two attached hydrogens (primary N) is 1. The van der Waals surface area contributed by atoms with Crippen molar-refractivity contribution < 1.29 is 9.53 Å². The zero-order valence-electron chi connectivity index (χ0n) is 17.0. The van der Waals surface area contributed by atoms with E-state index in [2.05, 4.69) is 22.2 Å². The van der Waals surface area contributed by atoms with Crippen LogP contribution in [0.1, 0.15) is 50.4 Å². The second kappa shape index (κ2) is 6.76. The standard InChI is InChI=1S/C20H28N6O2/c1-11-13-6-5-7-14(13)23-17-15(11)16(21)24-18(25-17)22-12-8-9-26(10-12)19(27)28-20(2,3)4/h12H,5-10H2,1-4H3,(H3,21,22,23,24,25)/t12-/m1/s1. The van der Waals surface area contributed by atoms with Crippen molar-refractivity contribution >= 4 is 28.9 Å². The average molecular weight is 384 g/mol. The Hall–Kier alpha value is -2.64. The smallest absolute Gasteiger partial charge is 0.410 e. The number of hydrogen-bond acceptors (Lipinski definition) is 7. The molecule has 0 saturated carbocycles. The van der Waals surface area contributed by atoms with Gasteiger partial charge < -0.3 is 20.7 Å². The second-order valence-electron chi connectivity index (χ2n) is 8.70. The molecule has 4 rings (SSSR count). The SMILES string of the molecule is Cc1c2c(nc3nc(N[C@@H]4CCN(C(=O)OC(C)(C)C)C4)nc(N)c13)CCC2. The summed E-state index contributed by atoms with van der Waals surface area (Å²) in [6, 6.07) is 0.0555. The first-order chi connectivity index (χ1) is 13.2. The van der Waals surface area contributed by atoms with E-state index in [0.29, 0.717) is 30.5 Å². The van der Waals surface area contributed by atoms with Crippen LogP contribution in [0, 0.1) is 6.92 Å². The summed E-state index contributed by atoms with van der Waals surface area (Å²) >= 11 is 0. The van der Waals surface area contributed by atoms with Crippen molar-refractivity contribution in [1.29, 1.82) is 0 Å². The van der Waals surface area contributed by atoms with Gasteiger partial charge in [0.1, 0.15) is 11.4 Å². The van der Waals surface area contributed by atoms with Crippen LogP contribution in [0.2, 0.25) is 0 Å². The van der Waals surface area contributed by atoms with Gasteiger partial charge in [-0.3, -0.25) is 0 Å². The maximum absolute atomic E-state index is 12.2. The van der Waals surface area contributed by atoms with Gasteiger partial charge in [0, 0.05) is 24.8 Å². The van der Waals surface area contributed by atoms with Crippen LogP contribution in [0.4, 0.5) is 16.6 Å². The molecule has 0 aromatic carbocycles. The lowest BCUT2D eigenvalue weighted by Gasteiger charge is -2.24. The van der Waals surface area contributed by atoms with Crippen LogP contribution in [-0.2, 0) is 17.6 Å². The van der Waals surface area contributed by atoms with Crippen molar-refractivity contribution in [3.8, 4) is 0 Å². The summed E-state index contributed by atoms with van der Waals surface area (Å²) in [6.45, 7) is 8.88. The number of carbonyl (C=O) groups excluding carboxylic acids is 1. The van der Waals surface area contributed by atoms with E-state index in [9.17, 15) is 4.79 Å². The van der Waals surface area contributed by atoms with Gasteiger partial charge in [-0.05, 0) is 64.5 Å². The molecule has 1 aliphatic heterocycles. The summed E-state index contributed by atoms with van der Waals surface area (Å²) in [5.41, 5.74) is 9.99. The van der Waals surface area contributed by atoms with Gasteiger partial charge in [-0.25, -0.2) is 9.78 Å². The molecule has 2 aromatic heterocycles. The highest BCUT2D eigenvalue weighted by Gasteiger charge is 2.30. The lowest BCUT2D eigenvalue weighted by Crippen LogP contribution is -2.36. The monoisotopic (exact) mass is 384 g/mol. The Morgan fingerprint density at radius 2 is 2.04 bits per heavy atom. The molecule has 0 bridgehead atoms. The predicted molar refractivity (Wildman–Crippen MR) is 108 cm³/mol. The zero-order valence-corrected chi connectivity index (χ0v) is 17.0. The molecule has 0 spiro atoms. The highest BCUT2D eigenvalue weighted by Crippen LogP contribution is 2.31. The third-order valence-electron chi connectivity index (χ3n) is 5.35. The molecule has 1 amide bonds. The third-order valence-corrected chi connectivity index (χ3v) is 5.35. The molecule has 1 fully saturated rings. The Morgan fingerprint density at radius 1 is 1.25 bits per heavy atom. The van der Waals surface area contributed by atoms with Crippen LogP contribution in [0.15, 0.2) is 0 Å². The fraction of sp³-hybridized carbons (Fsp3) is 0.600. The highest BCUT2D eigenvalue weighted by molar-refractivity contribution is 5.90. The zero-order chi connectivity index (χ0) is 20.1. The number of aromatic nitrogens is 3. The number of likely N-dealkylation sites (tertiary alicyclic amines) is 1. The molecular weight excluding hydrogens is 356 g/mol. The second-order valence-corrected chi connectivity index (χ2v) is 8.70. The number of hydrogen-bond donors (Lipinski definition) is 2. The number of anilines is 2. The number of rotatable bonds is 2. The number of ether oxygens (including phenoxy) is 1. The van der Waals surface area contributed by atoms with Gasteiger partial charge in [0.15, 0.2) is 5.65 Å². The largest absolute Gasteiger partial charge is 0.444 e. The minimum atomic E-state index is -0.498. The summed E-state index contributed by atoms with van der Waals surface area (Å²) < 4.78 is 5.45. The normalized spacial score (nSPS) is 19.1. The Morgan fingerprint density at radius 3 is 2.79 bits per heavy atom. The summed E-state index contributed by atoms with van der Waals surface area (Å²) in [4.78, 5) is 27.8. The van der Waals surface area contributed by atoms with Gasteiger partial charge in [-0.1, -0.05) is 0 Å². The molecule has 150 valence electrons. The number of nitrogens with zero attached hydrogens (tertiary/aromatic N) is 4. The van der Waals surface area contributed by atoms with E-state index >= 15 is 0 Å². The number of amides is 1. The molecule has 1 saturated heterocycles. The molecule has 0 radical (unpaired) electrons. The molecule has 2 aromatic rings. The predicted octanol–water partition coefficient (Wildman–Crippen LogP) is 2.83. The summed E-state index contributed by atoms with van der Waals surface area (Å²) in [5.74, 6) is 0.917. The van der Waals surface area contributed by atoms with Gasteiger partial charge in [0.2, 0.25) is 5.95 Å². The Bertz CT molecular complexity index is 937. The Balaban J connectivity index is 1.52. The van der Waals surface area contributed by atoms with Crippen molar-refractivity contribution in [3.05, 3.63) is 16.8 Å². The van der Waals surface area contributed by atoms with Gasteiger partial charge in [-0.15, -0.1) is 0 Å². The number of carbonyl (C=O) groups is 1. The van der Waals surface area contributed by atoms with Crippen molar-refractivity contribution in [2.75, 3.05) is 24.1 Å². The van der Waals surface area contributed by atoms with E-state index in [1.807, 2.05) is 20.8 Å².